The fraction of sp³-hybridized carbons (Fsp3) is 1.00. The third-order valence-corrected chi connectivity index (χ3v) is 6.98. The lowest BCUT2D eigenvalue weighted by Crippen LogP contribution is -2.44. The van der Waals surface area contributed by atoms with Crippen molar-refractivity contribution in [2.75, 3.05) is 13.1 Å². The average molecular weight is 396 g/mol. The van der Waals surface area contributed by atoms with Crippen LogP contribution in [0.5, 0.6) is 0 Å². The van der Waals surface area contributed by atoms with Crippen LogP contribution in [0.2, 0.25) is 0 Å². The van der Waals surface area contributed by atoms with E-state index in [9.17, 15) is 0 Å². The molecule has 0 aromatic rings. The van der Waals surface area contributed by atoms with Gasteiger partial charge in [0.25, 0.3) is 0 Å². The Bertz CT molecular complexity index is 271. The summed E-state index contributed by atoms with van der Waals surface area (Å²) in [5.41, 5.74) is 0. The Morgan fingerprint density at radius 2 is 0.821 bits per heavy atom. The summed E-state index contributed by atoms with van der Waals surface area (Å²) in [6.45, 7) is 14.6. The van der Waals surface area contributed by atoms with Crippen LogP contribution < -0.4 is 16.0 Å². The Balaban J connectivity index is 0.000000186. The molecule has 7 rings (SSSR count). The molecule has 3 nitrogen and oxygen atoms in total. The molecule has 0 amide bonds. The Hall–Kier alpha value is -0.120. The molecule has 7 fully saturated rings. The van der Waals surface area contributed by atoms with Gasteiger partial charge in [0.2, 0.25) is 0 Å². The predicted octanol–water partition coefficient (Wildman–Crippen LogP) is 5.89. The summed E-state index contributed by atoms with van der Waals surface area (Å²) in [4.78, 5) is 0. The van der Waals surface area contributed by atoms with Crippen molar-refractivity contribution in [3.63, 3.8) is 0 Å². The maximum absolute atomic E-state index is 3.53. The first kappa shape index (κ1) is 25.9. The number of fused-ring (bicyclic) bond motifs is 7. The van der Waals surface area contributed by atoms with E-state index in [0.717, 1.165) is 36.0 Å². The SMILES string of the molecule is C1CC2CC1CN2.C1CC2CCC1CN2.C1CC2CCC1N2.CC.CC.CC. The van der Waals surface area contributed by atoms with Crippen molar-refractivity contribution in [3.05, 3.63) is 0 Å². The van der Waals surface area contributed by atoms with Crippen molar-refractivity contribution in [3.8, 4) is 0 Å². The van der Waals surface area contributed by atoms with Crippen LogP contribution in [0.3, 0.4) is 0 Å². The van der Waals surface area contributed by atoms with E-state index in [1.165, 1.54) is 83.7 Å². The van der Waals surface area contributed by atoms with Crippen molar-refractivity contribution in [1.82, 2.24) is 16.0 Å². The molecule has 28 heavy (non-hydrogen) atoms. The average Bonchev–Trinajstić information content (AvgIpc) is 3.64. The monoisotopic (exact) mass is 395 g/mol. The lowest BCUT2D eigenvalue weighted by Gasteiger charge is -2.36. The minimum atomic E-state index is 0.903. The Kier molecular flexibility index (Phi) is 14.5. The molecule has 7 aliphatic rings. The molecule has 0 radical (unpaired) electrons. The zero-order chi connectivity index (χ0) is 20.8. The van der Waals surface area contributed by atoms with E-state index >= 15 is 0 Å². The molecular formula is C25H53N3. The fourth-order valence-electron chi connectivity index (χ4n) is 5.44. The van der Waals surface area contributed by atoms with E-state index in [-0.39, 0.29) is 0 Å². The van der Waals surface area contributed by atoms with E-state index in [2.05, 4.69) is 16.0 Å². The Morgan fingerprint density at radius 3 is 0.929 bits per heavy atom. The van der Waals surface area contributed by atoms with Crippen molar-refractivity contribution < 1.29 is 0 Å². The molecule has 3 N–H and O–H groups in total. The van der Waals surface area contributed by atoms with Crippen LogP contribution in [0.25, 0.3) is 0 Å². The highest BCUT2D eigenvalue weighted by molar-refractivity contribution is 4.91. The fourth-order valence-corrected chi connectivity index (χ4v) is 5.44. The molecule has 5 heterocycles. The number of rotatable bonds is 0. The molecule has 6 bridgehead atoms. The van der Waals surface area contributed by atoms with Gasteiger partial charge >= 0.3 is 0 Å². The van der Waals surface area contributed by atoms with Gasteiger partial charge in [-0.3, -0.25) is 0 Å². The molecule has 5 aliphatic heterocycles. The normalized spacial score (nSPS) is 37.5. The summed E-state index contributed by atoms with van der Waals surface area (Å²) in [6.07, 6.45) is 16.1. The minimum absolute atomic E-state index is 0.903. The third kappa shape index (κ3) is 8.71. The van der Waals surface area contributed by atoms with Crippen LogP contribution >= 0.6 is 0 Å². The largest absolute Gasteiger partial charge is 0.314 e. The van der Waals surface area contributed by atoms with E-state index in [1.807, 2.05) is 41.5 Å². The first-order chi connectivity index (χ1) is 13.8. The van der Waals surface area contributed by atoms with E-state index in [4.69, 9.17) is 0 Å². The second-order valence-electron chi connectivity index (χ2n) is 8.63. The van der Waals surface area contributed by atoms with Gasteiger partial charge in [0.05, 0.1) is 0 Å². The molecular weight excluding hydrogens is 342 g/mol. The summed E-state index contributed by atoms with van der Waals surface area (Å²) in [6, 6.07) is 3.67. The van der Waals surface area contributed by atoms with Crippen LogP contribution in [0.15, 0.2) is 0 Å². The summed E-state index contributed by atoms with van der Waals surface area (Å²) in [7, 11) is 0. The molecule has 2 atom stereocenters. The maximum atomic E-state index is 3.53. The number of piperidine rings is 3. The van der Waals surface area contributed by atoms with Gasteiger partial charge in [-0.2, -0.15) is 0 Å². The van der Waals surface area contributed by atoms with Crippen LogP contribution in [0, 0.1) is 11.8 Å². The van der Waals surface area contributed by atoms with Gasteiger partial charge in [-0.25, -0.2) is 0 Å². The smallest absolute Gasteiger partial charge is 0.00708 e. The first-order valence-corrected chi connectivity index (χ1v) is 13.1. The molecule has 2 saturated carbocycles. The van der Waals surface area contributed by atoms with Gasteiger partial charge in [-0.1, -0.05) is 41.5 Å². The zero-order valence-electron chi connectivity index (χ0n) is 20.2. The summed E-state index contributed by atoms with van der Waals surface area (Å²) >= 11 is 0. The van der Waals surface area contributed by atoms with Crippen molar-refractivity contribution >= 4 is 0 Å². The van der Waals surface area contributed by atoms with Gasteiger partial charge < -0.3 is 16.0 Å². The number of hydrogen-bond acceptors (Lipinski definition) is 3. The molecule has 2 aliphatic carbocycles. The number of nitrogens with one attached hydrogen (secondary N) is 3. The van der Waals surface area contributed by atoms with Crippen LogP contribution in [0.4, 0.5) is 0 Å². The Morgan fingerprint density at radius 1 is 0.429 bits per heavy atom. The van der Waals surface area contributed by atoms with Crippen LogP contribution in [-0.2, 0) is 0 Å². The highest BCUT2D eigenvalue weighted by atomic mass is 15.0. The predicted molar refractivity (Wildman–Crippen MR) is 126 cm³/mol. The summed E-state index contributed by atoms with van der Waals surface area (Å²) in [5, 5.41) is 10.5. The highest BCUT2D eigenvalue weighted by Crippen LogP contribution is 2.30. The topological polar surface area (TPSA) is 36.1 Å². The molecule has 3 heteroatoms. The second-order valence-corrected chi connectivity index (χ2v) is 8.63. The molecule has 0 aromatic carbocycles. The lowest BCUT2D eigenvalue weighted by molar-refractivity contribution is 0.213. The zero-order valence-corrected chi connectivity index (χ0v) is 20.2. The minimum Gasteiger partial charge on any atom is -0.314 e. The molecule has 2 unspecified atom stereocenters. The van der Waals surface area contributed by atoms with Gasteiger partial charge in [-0.05, 0) is 95.6 Å². The van der Waals surface area contributed by atoms with Crippen molar-refractivity contribution in [1.29, 1.82) is 0 Å². The Labute approximate surface area is 177 Å². The quantitative estimate of drug-likeness (QED) is 0.479. The van der Waals surface area contributed by atoms with Crippen LogP contribution in [0.1, 0.15) is 112 Å². The summed E-state index contributed by atoms with van der Waals surface area (Å²) < 4.78 is 0. The van der Waals surface area contributed by atoms with Gasteiger partial charge in [-0.15, -0.1) is 0 Å². The lowest BCUT2D eigenvalue weighted by atomic mass is 9.82. The van der Waals surface area contributed by atoms with Gasteiger partial charge in [0.15, 0.2) is 0 Å². The molecule has 168 valence electrons. The maximum Gasteiger partial charge on any atom is 0.00708 e. The van der Waals surface area contributed by atoms with Crippen molar-refractivity contribution in [2.45, 2.75) is 136 Å². The molecule has 5 saturated heterocycles. The molecule has 0 aromatic heterocycles. The molecule has 0 spiro atoms. The van der Waals surface area contributed by atoms with E-state index in [0.29, 0.717) is 0 Å². The standard InChI is InChI=1S/C7H13N.2C6H11N.3C2H6/c1-3-7-4-2-6(1)5-8-7;1-2-6-3-5(1)4-7-6;1-2-6-4-3-5(1)7-6;3*1-2/h6-8H,1-5H2;2*5-7H,1-4H2;3*1-2H3. The van der Waals surface area contributed by atoms with E-state index < -0.39 is 0 Å². The van der Waals surface area contributed by atoms with Gasteiger partial charge in [0.1, 0.15) is 0 Å². The van der Waals surface area contributed by atoms with E-state index in [1.54, 1.807) is 0 Å². The van der Waals surface area contributed by atoms with Gasteiger partial charge in [0, 0.05) is 24.2 Å². The highest BCUT2D eigenvalue weighted by Gasteiger charge is 2.30. The third-order valence-electron chi connectivity index (χ3n) is 6.98. The first-order valence-electron chi connectivity index (χ1n) is 13.1. The second kappa shape index (κ2) is 15.7. The summed E-state index contributed by atoms with van der Waals surface area (Å²) in [5.74, 6) is 2.10. The number of hydrogen-bond donors (Lipinski definition) is 3. The van der Waals surface area contributed by atoms with Crippen LogP contribution in [-0.4, -0.2) is 37.3 Å². The van der Waals surface area contributed by atoms with Crippen molar-refractivity contribution in [2.24, 2.45) is 11.8 Å².